The molecule has 5 heteroatoms. The molecule has 15 heavy (non-hydrogen) atoms. The Morgan fingerprint density at radius 1 is 1.33 bits per heavy atom. The molecule has 0 bridgehead atoms. The minimum absolute atomic E-state index is 0.637. The molecule has 0 spiro atoms. The average molecular weight is 202 g/mol. The van der Waals surface area contributed by atoms with Crippen LogP contribution in [0.1, 0.15) is 5.56 Å². The molecule has 1 aromatic carbocycles. The Kier molecular flexibility index (Phi) is 2.45. The minimum atomic E-state index is 0.637. The zero-order valence-electron chi connectivity index (χ0n) is 8.29. The molecule has 0 unspecified atom stereocenters. The smallest absolute Gasteiger partial charge is 0.143 e. The van der Waals surface area contributed by atoms with E-state index in [9.17, 15) is 0 Å². The Bertz CT molecular complexity index is 447. The van der Waals surface area contributed by atoms with Crippen LogP contribution in [0, 0.1) is 0 Å². The Labute approximate surface area is 87.0 Å². The topological polar surface area (TPSA) is 52.8 Å². The third kappa shape index (κ3) is 1.85. The highest BCUT2D eigenvalue weighted by Gasteiger charge is 2.00. The monoisotopic (exact) mass is 202 g/mol. The van der Waals surface area contributed by atoms with Crippen molar-refractivity contribution in [3.8, 4) is 5.69 Å². The van der Waals surface area contributed by atoms with Crippen molar-refractivity contribution in [1.29, 1.82) is 0 Å². The van der Waals surface area contributed by atoms with Gasteiger partial charge in [0.05, 0.1) is 12.8 Å². The fourth-order valence-corrected chi connectivity index (χ4v) is 1.20. The van der Waals surface area contributed by atoms with Crippen molar-refractivity contribution in [2.75, 3.05) is 7.11 Å². The van der Waals surface area contributed by atoms with Crippen LogP contribution in [0.3, 0.4) is 0 Å². The van der Waals surface area contributed by atoms with Gasteiger partial charge in [0.1, 0.15) is 12.1 Å². The van der Waals surface area contributed by atoms with Gasteiger partial charge in [-0.3, -0.25) is 0 Å². The molecule has 0 fully saturated rings. The summed E-state index contributed by atoms with van der Waals surface area (Å²) in [5.74, 6) is 0.637. The van der Waals surface area contributed by atoms with Gasteiger partial charge in [0.15, 0.2) is 0 Å². The maximum Gasteiger partial charge on any atom is 0.143 e. The second-order valence-corrected chi connectivity index (χ2v) is 2.93. The number of nitrogens with zero attached hydrogens (tertiary/aromatic N) is 4. The van der Waals surface area contributed by atoms with Gasteiger partial charge in [-0.2, -0.15) is 0 Å². The largest absolute Gasteiger partial charge is 0.497 e. The first-order chi connectivity index (χ1) is 7.31. The zero-order valence-corrected chi connectivity index (χ0v) is 8.29. The van der Waals surface area contributed by atoms with Crippen LogP contribution in [-0.2, 0) is 4.74 Å². The van der Waals surface area contributed by atoms with Gasteiger partial charge in [0, 0.05) is 5.56 Å². The number of ether oxygens (including phenoxy) is 1. The molecule has 2 rings (SSSR count). The summed E-state index contributed by atoms with van der Waals surface area (Å²) in [5.41, 5.74) is 1.84. The normalized spacial score (nSPS) is 9.93. The Morgan fingerprint density at radius 2 is 2.07 bits per heavy atom. The van der Waals surface area contributed by atoms with Crippen LogP contribution in [0.15, 0.2) is 37.2 Å². The molecular formula is C10H10N4O. The van der Waals surface area contributed by atoms with Crippen molar-refractivity contribution < 1.29 is 4.74 Å². The van der Waals surface area contributed by atoms with Crippen LogP contribution in [0.25, 0.3) is 11.4 Å². The molecule has 0 aliphatic carbocycles. The predicted molar refractivity (Wildman–Crippen MR) is 55.2 cm³/mol. The van der Waals surface area contributed by atoms with Crippen LogP contribution >= 0.6 is 0 Å². The average Bonchev–Trinajstić information content (AvgIpc) is 2.82. The molecular weight excluding hydrogens is 192 g/mol. The van der Waals surface area contributed by atoms with E-state index in [4.69, 9.17) is 4.74 Å². The molecule has 0 N–H and O–H groups in total. The van der Waals surface area contributed by atoms with Gasteiger partial charge in [-0.15, -0.1) is 5.10 Å². The summed E-state index contributed by atoms with van der Waals surface area (Å²) >= 11 is 0. The van der Waals surface area contributed by atoms with Crippen molar-refractivity contribution in [2.45, 2.75) is 0 Å². The van der Waals surface area contributed by atoms with Crippen LogP contribution in [0.2, 0.25) is 0 Å². The summed E-state index contributed by atoms with van der Waals surface area (Å²) in [4.78, 5) is 0. The van der Waals surface area contributed by atoms with Crippen molar-refractivity contribution in [3.05, 3.63) is 42.7 Å². The van der Waals surface area contributed by atoms with Crippen LogP contribution in [-0.4, -0.2) is 27.3 Å². The maximum absolute atomic E-state index is 5.03. The minimum Gasteiger partial charge on any atom is -0.497 e. The number of hydrogen-bond donors (Lipinski definition) is 0. The van der Waals surface area contributed by atoms with Crippen molar-refractivity contribution in [2.24, 2.45) is 0 Å². The molecule has 76 valence electrons. The Hall–Kier alpha value is -2.17. The third-order valence-corrected chi connectivity index (χ3v) is 2.05. The van der Waals surface area contributed by atoms with Crippen molar-refractivity contribution in [3.63, 3.8) is 0 Å². The Morgan fingerprint density at radius 3 is 2.60 bits per heavy atom. The quantitative estimate of drug-likeness (QED) is 0.703. The lowest BCUT2D eigenvalue weighted by molar-refractivity contribution is 0.371. The summed E-state index contributed by atoms with van der Waals surface area (Å²) < 4.78 is 6.61. The molecule has 0 saturated heterocycles. The fourth-order valence-electron chi connectivity index (χ4n) is 1.20. The standard InChI is InChI=1S/C10H10N4O/c1-8(15-2)9-3-5-10(6-4-9)14-7-11-12-13-14/h3-7H,1H2,2H3. The molecule has 2 aromatic rings. The molecule has 1 aromatic heterocycles. The number of rotatable bonds is 3. The van der Waals surface area contributed by atoms with E-state index >= 15 is 0 Å². The first kappa shape index (κ1) is 9.39. The maximum atomic E-state index is 5.03. The van der Waals surface area contributed by atoms with Gasteiger partial charge in [0.2, 0.25) is 0 Å². The van der Waals surface area contributed by atoms with Gasteiger partial charge >= 0.3 is 0 Å². The summed E-state index contributed by atoms with van der Waals surface area (Å²) in [6, 6.07) is 7.61. The van der Waals surface area contributed by atoms with Gasteiger partial charge in [-0.1, -0.05) is 6.58 Å². The molecule has 1 heterocycles. The molecule has 0 atom stereocenters. The van der Waals surface area contributed by atoms with E-state index < -0.39 is 0 Å². The van der Waals surface area contributed by atoms with E-state index in [1.54, 1.807) is 18.1 Å². The lowest BCUT2D eigenvalue weighted by atomic mass is 10.2. The van der Waals surface area contributed by atoms with E-state index in [-0.39, 0.29) is 0 Å². The lowest BCUT2D eigenvalue weighted by Gasteiger charge is -2.04. The molecule has 0 radical (unpaired) electrons. The van der Waals surface area contributed by atoms with Crippen LogP contribution in [0.5, 0.6) is 0 Å². The third-order valence-electron chi connectivity index (χ3n) is 2.05. The summed E-state index contributed by atoms with van der Waals surface area (Å²) in [7, 11) is 1.59. The van der Waals surface area contributed by atoms with Gasteiger partial charge in [0.25, 0.3) is 0 Å². The first-order valence-corrected chi connectivity index (χ1v) is 4.38. The predicted octanol–water partition coefficient (Wildman–Crippen LogP) is 1.28. The summed E-state index contributed by atoms with van der Waals surface area (Å²) in [6.07, 6.45) is 1.54. The molecule has 0 saturated carbocycles. The van der Waals surface area contributed by atoms with Crippen molar-refractivity contribution >= 4 is 5.76 Å². The Balaban J connectivity index is 2.29. The van der Waals surface area contributed by atoms with Crippen LogP contribution in [0.4, 0.5) is 0 Å². The summed E-state index contributed by atoms with van der Waals surface area (Å²) in [6.45, 7) is 3.77. The highest BCUT2D eigenvalue weighted by Crippen LogP contribution is 2.14. The molecule has 5 nitrogen and oxygen atoms in total. The van der Waals surface area contributed by atoms with E-state index in [0.29, 0.717) is 5.76 Å². The fraction of sp³-hybridized carbons (Fsp3) is 0.100. The number of methoxy groups -OCH3 is 1. The second kappa shape index (κ2) is 3.91. The highest BCUT2D eigenvalue weighted by atomic mass is 16.5. The van der Waals surface area contributed by atoms with Crippen LogP contribution < -0.4 is 0 Å². The van der Waals surface area contributed by atoms with Crippen molar-refractivity contribution in [1.82, 2.24) is 20.2 Å². The van der Waals surface area contributed by atoms with E-state index in [1.165, 1.54) is 0 Å². The van der Waals surface area contributed by atoms with E-state index in [0.717, 1.165) is 11.3 Å². The highest BCUT2D eigenvalue weighted by molar-refractivity contribution is 5.58. The molecule has 0 aliphatic heterocycles. The van der Waals surface area contributed by atoms with E-state index in [1.807, 2.05) is 24.3 Å². The molecule has 0 amide bonds. The lowest BCUT2D eigenvalue weighted by Crippen LogP contribution is -1.95. The SMILES string of the molecule is C=C(OC)c1ccc(-n2cnnn2)cc1. The number of tetrazole rings is 1. The van der Waals surface area contributed by atoms with Gasteiger partial charge in [-0.25, -0.2) is 4.68 Å². The first-order valence-electron chi connectivity index (χ1n) is 4.38. The number of hydrogen-bond acceptors (Lipinski definition) is 4. The second-order valence-electron chi connectivity index (χ2n) is 2.93. The number of benzene rings is 1. The summed E-state index contributed by atoms with van der Waals surface area (Å²) in [5, 5.41) is 10.9. The molecule has 0 aliphatic rings. The van der Waals surface area contributed by atoms with Gasteiger partial charge < -0.3 is 4.74 Å². The zero-order chi connectivity index (χ0) is 10.7. The van der Waals surface area contributed by atoms with E-state index in [2.05, 4.69) is 22.1 Å². The number of aromatic nitrogens is 4. The van der Waals surface area contributed by atoms with Gasteiger partial charge in [-0.05, 0) is 34.7 Å².